The van der Waals surface area contributed by atoms with Gasteiger partial charge in [-0.2, -0.15) is 0 Å². The molecule has 0 fully saturated rings. The van der Waals surface area contributed by atoms with E-state index in [9.17, 15) is 0 Å². The van der Waals surface area contributed by atoms with E-state index in [1.807, 2.05) is 24.3 Å². The van der Waals surface area contributed by atoms with Crippen molar-refractivity contribution in [3.8, 4) is 5.75 Å². The van der Waals surface area contributed by atoms with Crippen LogP contribution in [0.1, 0.15) is 24.8 Å². The van der Waals surface area contributed by atoms with Gasteiger partial charge < -0.3 is 10.5 Å². The van der Waals surface area contributed by atoms with Gasteiger partial charge in [0.25, 0.3) is 0 Å². The summed E-state index contributed by atoms with van der Waals surface area (Å²) in [6.45, 7) is 0.762. The smallest absolute Gasteiger partial charge is 0.121 e. The number of ether oxygens (including phenoxy) is 1. The molecule has 2 heteroatoms. The molecule has 0 atom stereocenters. The summed E-state index contributed by atoms with van der Waals surface area (Å²) < 4.78 is 5.66. The molecule has 0 bridgehead atoms. The van der Waals surface area contributed by atoms with Crippen LogP contribution in [0, 0.1) is 0 Å². The molecule has 0 heterocycles. The van der Waals surface area contributed by atoms with E-state index in [1.165, 1.54) is 18.4 Å². The molecule has 100 valence electrons. The summed E-state index contributed by atoms with van der Waals surface area (Å²) in [5.74, 6) is 0.864. The maximum atomic E-state index is 5.69. The van der Waals surface area contributed by atoms with Crippen molar-refractivity contribution < 1.29 is 4.74 Å². The predicted octanol–water partition coefficient (Wildman–Crippen LogP) is 4.06. The Hall–Kier alpha value is -1.96. The number of nitrogens with two attached hydrogens (primary N) is 1. The highest BCUT2D eigenvalue weighted by Crippen LogP contribution is 2.15. The van der Waals surface area contributed by atoms with Gasteiger partial charge in [0.1, 0.15) is 5.75 Å². The Morgan fingerprint density at radius 3 is 2.47 bits per heavy atom. The van der Waals surface area contributed by atoms with Crippen molar-refractivity contribution in [2.24, 2.45) is 0 Å². The van der Waals surface area contributed by atoms with Crippen molar-refractivity contribution in [1.29, 1.82) is 0 Å². The first-order valence-electron chi connectivity index (χ1n) is 6.87. The van der Waals surface area contributed by atoms with Crippen LogP contribution in [-0.2, 0) is 6.42 Å². The summed E-state index contributed by atoms with van der Waals surface area (Å²) in [6, 6.07) is 18.2. The van der Waals surface area contributed by atoms with Crippen LogP contribution in [0.4, 0.5) is 5.69 Å². The second-order valence-electron chi connectivity index (χ2n) is 4.72. The molecular formula is C17H21NO. The van der Waals surface area contributed by atoms with Gasteiger partial charge in [0.15, 0.2) is 0 Å². The van der Waals surface area contributed by atoms with Crippen molar-refractivity contribution in [2.75, 3.05) is 12.3 Å². The Bertz CT molecular complexity index is 482. The van der Waals surface area contributed by atoms with Crippen molar-refractivity contribution >= 4 is 5.69 Å². The van der Waals surface area contributed by atoms with Crippen LogP contribution in [0.2, 0.25) is 0 Å². The van der Waals surface area contributed by atoms with Crippen molar-refractivity contribution in [3.05, 3.63) is 60.2 Å². The fourth-order valence-electron chi connectivity index (χ4n) is 2.05. The zero-order valence-electron chi connectivity index (χ0n) is 11.2. The van der Waals surface area contributed by atoms with Crippen LogP contribution < -0.4 is 10.5 Å². The van der Waals surface area contributed by atoms with Crippen molar-refractivity contribution in [2.45, 2.75) is 25.7 Å². The minimum atomic E-state index is 0.751. The van der Waals surface area contributed by atoms with Gasteiger partial charge in [0, 0.05) is 11.8 Å². The molecule has 0 spiro atoms. The molecule has 0 radical (unpaired) electrons. The van der Waals surface area contributed by atoms with Gasteiger partial charge in [-0.15, -0.1) is 0 Å². The van der Waals surface area contributed by atoms with E-state index in [0.29, 0.717) is 0 Å². The predicted molar refractivity (Wildman–Crippen MR) is 80.3 cm³/mol. The first-order valence-corrected chi connectivity index (χ1v) is 6.87. The lowest BCUT2D eigenvalue weighted by atomic mass is 10.1. The number of hydrogen-bond donors (Lipinski definition) is 1. The van der Waals surface area contributed by atoms with Gasteiger partial charge in [-0.3, -0.25) is 0 Å². The van der Waals surface area contributed by atoms with Gasteiger partial charge >= 0.3 is 0 Å². The maximum absolute atomic E-state index is 5.69. The monoisotopic (exact) mass is 255 g/mol. The average Bonchev–Trinajstić information content (AvgIpc) is 2.44. The average molecular weight is 255 g/mol. The third-order valence-electron chi connectivity index (χ3n) is 3.08. The summed E-state index contributed by atoms with van der Waals surface area (Å²) in [4.78, 5) is 0. The zero-order valence-corrected chi connectivity index (χ0v) is 11.2. The summed E-state index contributed by atoms with van der Waals surface area (Å²) >= 11 is 0. The van der Waals surface area contributed by atoms with E-state index >= 15 is 0 Å². The van der Waals surface area contributed by atoms with Gasteiger partial charge in [-0.25, -0.2) is 0 Å². The summed E-state index contributed by atoms with van der Waals surface area (Å²) in [6.07, 6.45) is 4.64. The molecule has 2 aromatic rings. The number of nitrogen functional groups attached to an aromatic ring is 1. The van der Waals surface area contributed by atoms with Crippen LogP contribution in [0.5, 0.6) is 5.75 Å². The number of hydrogen-bond acceptors (Lipinski definition) is 2. The number of benzene rings is 2. The highest BCUT2D eigenvalue weighted by molar-refractivity contribution is 5.43. The molecule has 0 saturated carbocycles. The highest BCUT2D eigenvalue weighted by Gasteiger charge is 1.96. The first-order chi connectivity index (χ1) is 9.34. The SMILES string of the molecule is Nc1cccc(OCCCCCc2ccccc2)c1. The third kappa shape index (κ3) is 5.04. The fraction of sp³-hybridized carbons (Fsp3) is 0.294. The highest BCUT2D eigenvalue weighted by atomic mass is 16.5. The first kappa shape index (κ1) is 13.5. The molecule has 0 aliphatic heterocycles. The van der Waals surface area contributed by atoms with E-state index in [-0.39, 0.29) is 0 Å². The van der Waals surface area contributed by atoms with Crippen molar-refractivity contribution in [3.63, 3.8) is 0 Å². The van der Waals surface area contributed by atoms with Crippen LogP contribution in [0.3, 0.4) is 0 Å². The molecule has 0 aliphatic rings. The molecule has 19 heavy (non-hydrogen) atoms. The Labute approximate surface area is 115 Å². The van der Waals surface area contributed by atoms with Crippen LogP contribution in [-0.4, -0.2) is 6.61 Å². The van der Waals surface area contributed by atoms with E-state index in [2.05, 4.69) is 30.3 Å². The quantitative estimate of drug-likeness (QED) is 0.598. The van der Waals surface area contributed by atoms with Gasteiger partial charge in [0.2, 0.25) is 0 Å². The molecule has 0 amide bonds. The van der Waals surface area contributed by atoms with Gasteiger partial charge in [-0.05, 0) is 43.4 Å². The molecule has 0 saturated heterocycles. The molecule has 2 N–H and O–H groups in total. The van der Waals surface area contributed by atoms with Crippen LogP contribution >= 0.6 is 0 Å². The summed E-state index contributed by atoms with van der Waals surface area (Å²) in [5, 5.41) is 0. The lowest BCUT2D eigenvalue weighted by Gasteiger charge is -2.06. The molecule has 0 aliphatic carbocycles. The van der Waals surface area contributed by atoms with Crippen LogP contribution in [0.15, 0.2) is 54.6 Å². The zero-order chi connectivity index (χ0) is 13.3. The Balaban J connectivity index is 1.58. The molecular weight excluding hydrogens is 234 g/mol. The lowest BCUT2D eigenvalue weighted by molar-refractivity contribution is 0.305. The number of unbranched alkanes of at least 4 members (excludes halogenated alkanes) is 2. The second kappa shape index (κ2) is 7.47. The van der Waals surface area contributed by atoms with E-state index in [0.717, 1.165) is 30.9 Å². The number of aryl methyl sites for hydroxylation is 1. The van der Waals surface area contributed by atoms with Crippen LogP contribution in [0.25, 0.3) is 0 Å². The van der Waals surface area contributed by atoms with E-state index in [1.54, 1.807) is 0 Å². The third-order valence-corrected chi connectivity index (χ3v) is 3.08. The molecule has 2 rings (SSSR count). The second-order valence-corrected chi connectivity index (χ2v) is 4.72. The minimum absolute atomic E-state index is 0.751. The number of anilines is 1. The largest absolute Gasteiger partial charge is 0.494 e. The fourth-order valence-corrected chi connectivity index (χ4v) is 2.05. The minimum Gasteiger partial charge on any atom is -0.494 e. The maximum Gasteiger partial charge on any atom is 0.121 e. The standard InChI is InChI=1S/C17H21NO/c18-16-11-7-12-17(14-16)19-13-6-2-5-10-15-8-3-1-4-9-15/h1,3-4,7-9,11-12,14H,2,5-6,10,13,18H2. The Morgan fingerprint density at radius 2 is 1.68 bits per heavy atom. The van der Waals surface area contributed by atoms with E-state index in [4.69, 9.17) is 10.5 Å². The Kier molecular flexibility index (Phi) is 5.30. The van der Waals surface area contributed by atoms with E-state index < -0.39 is 0 Å². The van der Waals surface area contributed by atoms with Gasteiger partial charge in [0.05, 0.1) is 6.61 Å². The molecule has 0 aromatic heterocycles. The Morgan fingerprint density at radius 1 is 0.842 bits per heavy atom. The molecule has 2 aromatic carbocycles. The summed E-state index contributed by atoms with van der Waals surface area (Å²) in [7, 11) is 0. The topological polar surface area (TPSA) is 35.2 Å². The van der Waals surface area contributed by atoms with Gasteiger partial charge in [-0.1, -0.05) is 36.4 Å². The molecule has 0 unspecified atom stereocenters. The number of rotatable bonds is 7. The van der Waals surface area contributed by atoms with Crippen molar-refractivity contribution in [1.82, 2.24) is 0 Å². The normalized spacial score (nSPS) is 10.3. The summed E-state index contributed by atoms with van der Waals surface area (Å²) in [5.41, 5.74) is 7.86. The lowest BCUT2D eigenvalue weighted by Crippen LogP contribution is -1.98. The molecule has 2 nitrogen and oxygen atoms in total.